The quantitative estimate of drug-likeness (QED) is 0.519. The molecule has 0 atom stereocenters. The van der Waals surface area contributed by atoms with Gasteiger partial charge in [-0.2, -0.15) is 0 Å². The summed E-state index contributed by atoms with van der Waals surface area (Å²) in [5.74, 6) is 0. The van der Waals surface area contributed by atoms with Gasteiger partial charge in [-0.05, 0) is 12.1 Å². The highest BCUT2D eigenvalue weighted by atomic mass is 35.5. The van der Waals surface area contributed by atoms with E-state index in [1.807, 2.05) is 24.1 Å². The van der Waals surface area contributed by atoms with Crippen LogP contribution in [0.25, 0.3) is 0 Å². The van der Waals surface area contributed by atoms with Crippen LogP contribution in [-0.4, -0.2) is 13.1 Å². The van der Waals surface area contributed by atoms with Gasteiger partial charge in [0.25, 0.3) is 0 Å². The van der Waals surface area contributed by atoms with E-state index < -0.39 is 0 Å². The molecular weight excluding hydrogens is 189 g/mol. The van der Waals surface area contributed by atoms with Crippen molar-refractivity contribution in [1.29, 1.82) is 0 Å². The molecule has 1 nitrogen and oxygen atoms in total. The van der Waals surface area contributed by atoms with Gasteiger partial charge in [0.05, 0.1) is 15.3 Å². The van der Waals surface area contributed by atoms with Crippen molar-refractivity contribution in [3.8, 4) is 0 Å². The molecule has 0 radical (unpaired) electrons. The van der Waals surface area contributed by atoms with Crippen molar-refractivity contribution in [2.75, 3.05) is 18.0 Å². The van der Waals surface area contributed by atoms with Gasteiger partial charge in [-0.1, -0.05) is 11.6 Å². The van der Waals surface area contributed by atoms with E-state index in [4.69, 9.17) is 23.2 Å². The Morgan fingerprint density at radius 1 is 1.60 bits per heavy atom. The lowest BCUT2D eigenvalue weighted by Crippen LogP contribution is -2.11. The fourth-order valence-corrected chi connectivity index (χ4v) is 1.76. The number of alkyl halides is 1. The fourth-order valence-electron chi connectivity index (χ4n) is 0.569. The van der Waals surface area contributed by atoms with Crippen molar-refractivity contribution >= 4 is 39.5 Å². The number of nitrogens with zero attached hydrogens (tertiary/aromatic N) is 1. The highest BCUT2D eigenvalue weighted by Crippen LogP contribution is 2.28. The summed E-state index contributed by atoms with van der Waals surface area (Å²) in [5.41, 5.74) is 0. The minimum atomic E-state index is 0.497. The van der Waals surface area contributed by atoms with Crippen LogP contribution in [0, 0.1) is 0 Å². The molecule has 1 aromatic rings. The predicted octanol–water partition coefficient (Wildman–Crippen LogP) is 3.03. The molecule has 1 heterocycles. The van der Waals surface area contributed by atoms with Crippen molar-refractivity contribution < 1.29 is 0 Å². The molecule has 10 heavy (non-hydrogen) atoms. The first kappa shape index (κ1) is 8.18. The van der Waals surface area contributed by atoms with Crippen LogP contribution in [0.15, 0.2) is 12.1 Å². The second-order valence-corrected chi connectivity index (χ2v) is 3.83. The molecule has 0 aliphatic carbocycles. The predicted molar refractivity (Wildman–Crippen MR) is 48.5 cm³/mol. The summed E-state index contributed by atoms with van der Waals surface area (Å²) in [7, 11) is 1.93. The molecule has 0 saturated carbocycles. The van der Waals surface area contributed by atoms with Crippen molar-refractivity contribution in [1.82, 2.24) is 0 Å². The zero-order chi connectivity index (χ0) is 7.56. The second kappa shape index (κ2) is 3.46. The zero-order valence-corrected chi connectivity index (χ0v) is 7.80. The standard InChI is InChI=1S/C6H7Cl2NS/c1-9(4-7)6-3-2-5(8)10-6/h2-3H,4H2,1H3. The molecule has 56 valence electrons. The lowest BCUT2D eigenvalue weighted by atomic mass is 10.6. The molecule has 0 amide bonds. The van der Waals surface area contributed by atoms with Gasteiger partial charge >= 0.3 is 0 Å². The number of thiophene rings is 1. The highest BCUT2D eigenvalue weighted by Gasteiger charge is 2.00. The van der Waals surface area contributed by atoms with Gasteiger partial charge in [-0.25, -0.2) is 0 Å². The summed E-state index contributed by atoms with van der Waals surface area (Å²) in [5, 5.41) is 1.10. The topological polar surface area (TPSA) is 3.24 Å². The number of hydrogen-bond acceptors (Lipinski definition) is 2. The van der Waals surface area contributed by atoms with Crippen LogP contribution in [0.3, 0.4) is 0 Å². The van der Waals surface area contributed by atoms with E-state index in [0.29, 0.717) is 6.00 Å². The van der Waals surface area contributed by atoms with Gasteiger partial charge in [0.1, 0.15) is 0 Å². The maximum absolute atomic E-state index is 5.71. The van der Waals surface area contributed by atoms with Crippen LogP contribution in [-0.2, 0) is 0 Å². The first-order valence-electron chi connectivity index (χ1n) is 2.76. The van der Waals surface area contributed by atoms with Gasteiger partial charge in [0, 0.05) is 7.05 Å². The van der Waals surface area contributed by atoms with Crippen molar-refractivity contribution in [2.45, 2.75) is 0 Å². The summed E-state index contributed by atoms with van der Waals surface area (Å²) >= 11 is 12.8. The van der Waals surface area contributed by atoms with E-state index >= 15 is 0 Å². The third-order valence-electron chi connectivity index (χ3n) is 1.11. The summed E-state index contributed by atoms with van der Waals surface area (Å²) in [4.78, 5) is 1.93. The van der Waals surface area contributed by atoms with Gasteiger partial charge in [0.15, 0.2) is 0 Å². The Morgan fingerprint density at radius 2 is 2.30 bits per heavy atom. The Bertz CT molecular complexity index is 211. The second-order valence-electron chi connectivity index (χ2n) is 1.90. The minimum Gasteiger partial charge on any atom is -0.353 e. The average molecular weight is 196 g/mol. The molecule has 0 aromatic carbocycles. The molecule has 0 fully saturated rings. The van der Waals surface area contributed by atoms with Crippen LogP contribution >= 0.6 is 34.5 Å². The number of anilines is 1. The Hall–Kier alpha value is 0.0800. The summed E-state index contributed by atoms with van der Waals surface area (Å²) in [6, 6.07) is 4.32. The molecule has 1 rings (SSSR count). The monoisotopic (exact) mass is 195 g/mol. The minimum absolute atomic E-state index is 0.497. The molecule has 0 spiro atoms. The van der Waals surface area contributed by atoms with Crippen molar-refractivity contribution in [3.05, 3.63) is 16.5 Å². The van der Waals surface area contributed by atoms with Gasteiger partial charge < -0.3 is 4.90 Å². The molecule has 0 unspecified atom stereocenters. The molecule has 4 heteroatoms. The molecule has 0 aliphatic rings. The number of halogens is 2. The molecule has 0 saturated heterocycles. The first-order valence-corrected chi connectivity index (χ1v) is 4.49. The average Bonchev–Trinajstić information content (AvgIpc) is 2.34. The Kier molecular flexibility index (Phi) is 2.83. The van der Waals surface area contributed by atoms with Crippen LogP contribution in [0.5, 0.6) is 0 Å². The molecule has 0 aliphatic heterocycles. The smallest absolute Gasteiger partial charge is 0.0950 e. The first-order chi connectivity index (χ1) is 4.74. The maximum Gasteiger partial charge on any atom is 0.0950 e. The fraction of sp³-hybridized carbons (Fsp3) is 0.333. The Balaban J connectivity index is 2.74. The van der Waals surface area contributed by atoms with E-state index in [9.17, 15) is 0 Å². The summed E-state index contributed by atoms with van der Waals surface area (Å²) < 4.78 is 0.798. The van der Waals surface area contributed by atoms with E-state index in [2.05, 4.69) is 0 Å². The third-order valence-corrected chi connectivity index (χ3v) is 2.82. The number of hydrogen-bond donors (Lipinski definition) is 0. The Labute approximate surface area is 74.2 Å². The van der Waals surface area contributed by atoms with Gasteiger partial charge in [-0.3, -0.25) is 0 Å². The van der Waals surface area contributed by atoms with E-state index in [1.54, 1.807) is 0 Å². The van der Waals surface area contributed by atoms with E-state index in [-0.39, 0.29) is 0 Å². The molecule has 1 aromatic heterocycles. The largest absolute Gasteiger partial charge is 0.353 e. The van der Waals surface area contributed by atoms with Crippen molar-refractivity contribution in [3.63, 3.8) is 0 Å². The van der Waals surface area contributed by atoms with Crippen LogP contribution in [0.1, 0.15) is 0 Å². The van der Waals surface area contributed by atoms with Crippen LogP contribution in [0.2, 0.25) is 4.34 Å². The zero-order valence-electron chi connectivity index (χ0n) is 5.47. The van der Waals surface area contributed by atoms with E-state index in [1.165, 1.54) is 11.3 Å². The highest BCUT2D eigenvalue weighted by molar-refractivity contribution is 7.19. The van der Waals surface area contributed by atoms with Crippen LogP contribution < -0.4 is 4.90 Å². The lowest BCUT2D eigenvalue weighted by Gasteiger charge is -2.10. The normalized spacial score (nSPS) is 9.90. The van der Waals surface area contributed by atoms with Crippen LogP contribution in [0.4, 0.5) is 5.00 Å². The maximum atomic E-state index is 5.71. The molecular formula is C6H7Cl2NS. The summed E-state index contributed by atoms with van der Waals surface area (Å²) in [6.45, 7) is 0. The van der Waals surface area contributed by atoms with Crippen molar-refractivity contribution in [2.24, 2.45) is 0 Å². The van der Waals surface area contributed by atoms with Gasteiger partial charge in [0.2, 0.25) is 0 Å². The third kappa shape index (κ3) is 1.78. The molecule has 0 N–H and O–H groups in total. The Morgan fingerprint density at radius 3 is 2.70 bits per heavy atom. The number of rotatable bonds is 2. The van der Waals surface area contributed by atoms with E-state index in [0.717, 1.165) is 9.34 Å². The molecule has 0 bridgehead atoms. The van der Waals surface area contributed by atoms with Gasteiger partial charge in [-0.15, -0.1) is 22.9 Å². The SMILES string of the molecule is CN(CCl)c1ccc(Cl)s1. The lowest BCUT2D eigenvalue weighted by molar-refractivity contribution is 1.11. The summed E-state index contributed by atoms with van der Waals surface area (Å²) in [6.07, 6.45) is 0.